The van der Waals surface area contributed by atoms with Crippen LogP contribution in [-0.4, -0.2) is 20.1 Å². The monoisotopic (exact) mass is 259 g/mol. The molecule has 4 nitrogen and oxygen atoms in total. The van der Waals surface area contributed by atoms with E-state index in [0.717, 1.165) is 5.69 Å². The van der Waals surface area contributed by atoms with Crippen LogP contribution in [0.4, 0.5) is 0 Å². The normalized spacial score (nSPS) is 13.5. The lowest BCUT2D eigenvalue weighted by molar-refractivity contribution is 0.169. The van der Waals surface area contributed by atoms with E-state index in [-0.39, 0.29) is 5.41 Å². The topological polar surface area (TPSA) is 50.9 Å². The van der Waals surface area contributed by atoms with Crippen LogP contribution in [0.3, 0.4) is 0 Å². The van der Waals surface area contributed by atoms with Gasteiger partial charge in [-0.25, -0.2) is 4.68 Å². The molecule has 0 amide bonds. The van der Waals surface area contributed by atoms with Gasteiger partial charge in [0.25, 0.3) is 0 Å². The Morgan fingerprint density at radius 1 is 1.21 bits per heavy atom. The van der Waals surface area contributed by atoms with Crippen LogP contribution in [0.25, 0.3) is 5.69 Å². The Hall–Kier alpha value is -1.68. The average molecular weight is 259 g/mol. The van der Waals surface area contributed by atoms with Crippen LogP contribution in [0.15, 0.2) is 30.5 Å². The number of nitrogens with zero attached hydrogens (tertiary/aromatic N) is 3. The number of aliphatic hydroxyl groups is 1. The van der Waals surface area contributed by atoms with Crippen LogP contribution in [0.1, 0.15) is 51.5 Å². The number of rotatable bonds is 3. The maximum absolute atomic E-state index is 9.72. The summed E-state index contributed by atoms with van der Waals surface area (Å²) in [5.41, 5.74) is 2.99. The van der Waals surface area contributed by atoms with Crippen LogP contribution < -0.4 is 0 Å². The van der Waals surface area contributed by atoms with Gasteiger partial charge in [0.1, 0.15) is 5.69 Å². The molecule has 0 saturated heterocycles. The fourth-order valence-electron chi connectivity index (χ4n) is 1.88. The third kappa shape index (κ3) is 3.01. The summed E-state index contributed by atoms with van der Waals surface area (Å²) >= 11 is 0. The van der Waals surface area contributed by atoms with Crippen molar-refractivity contribution in [1.82, 2.24) is 15.0 Å². The first-order chi connectivity index (χ1) is 8.91. The standard InChI is InChI=1S/C15H21N3O/c1-5-14(19)13-10-18(17-16-13)12-8-6-11(7-9-12)15(2,3)4/h6-10,14,19H,5H2,1-4H3. The molecule has 1 aromatic heterocycles. The molecule has 0 saturated carbocycles. The maximum Gasteiger partial charge on any atom is 0.112 e. The summed E-state index contributed by atoms with van der Waals surface area (Å²) in [7, 11) is 0. The highest BCUT2D eigenvalue weighted by atomic mass is 16.3. The number of aliphatic hydroxyl groups excluding tert-OH is 1. The predicted octanol–water partition coefficient (Wildman–Crippen LogP) is 3.01. The largest absolute Gasteiger partial charge is 0.387 e. The predicted molar refractivity (Wildman–Crippen MR) is 75.3 cm³/mol. The fraction of sp³-hybridized carbons (Fsp3) is 0.467. The number of hydrogen-bond donors (Lipinski definition) is 1. The Labute approximate surface area is 114 Å². The summed E-state index contributed by atoms with van der Waals surface area (Å²) in [6.45, 7) is 8.48. The third-order valence-corrected chi connectivity index (χ3v) is 3.24. The van der Waals surface area contributed by atoms with Crippen molar-refractivity contribution < 1.29 is 5.11 Å². The third-order valence-electron chi connectivity index (χ3n) is 3.24. The Bertz CT molecular complexity index is 537. The SMILES string of the molecule is CCC(O)c1cn(-c2ccc(C(C)(C)C)cc2)nn1. The van der Waals surface area contributed by atoms with Gasteiger partial charge in [-0.3, -0.25) is 0 Å². The van der Waals surface area contributed by atoms with Crippen molar-refractivity contribution in [3.63, 3.8) is 0 Å². The second kappa shape index (κ2) is 5.13. The molecular weight excluding hydrogens is 238 g/mol. The molecule has 1 unspecified atom stereocenters. The van der Waals surface area contributed by atoms with Crippen molar-refractivity contribution in [1.29, 1.82) is 0 Å². The van der Waals surface area contributed by atoms with Gasteiger partial charge in [-0.15, -0.1) is 5.10 Å². The van der Waals surface area contributed by atoms with Crippen molar-refractivity contribution >= 4 is 0 Å². The smallest absolute Gasteiger partial charge is 0.112 e. The summed E-state index contributed by atoms with van der Waals surface area (Å²) in [6, 6.07) is 8.26. The first kappa shape index (κ1) is 13.7. The summed E-state index contributed by atoms with van der Waals surface area (Å²) < 4.78 is 1.70. The van der Waals surface area contributed by atoms with Gasteiger partial charge in [0.05, 0.1) is 18.0 Å². The summed E-state index contributed by atoms with van der Waals surface area (Å²) in [5, 5.41) is 17.8. The molecule has 102 valence electrons. The van der Waals surface area contributed by atoms with E-state index in [0.29, 0.717) is 12.1 Å². The molecule has 0 aliphatic heterocycles. The highest BCUT2D eigenvalue weighted by Gasteiger charge is 2.14. The summed E-state index contributed by atoms with van der Waals surface area (Å²) in [5.74, 6) is 0. The highest BCUT2D eigenvalue weighted by molar-refractivity contribution is 5.36. The molecule has 1 heterocycles. The molecule has 0 bridgehead atoms. The minimum absolute atomic E-state index is 0.143. The van der Waals surface area contributed by atoms with Crippen LogP contribution in [0.5, 0.6) is 0 Å². The van der Waals surface area contributed by atoms with Crippen molar-refractivity contribution in [3.8, 4) is 5.69 Å². The first-order valence-corrected chi connectivity index (χ1v) is 6.63. The second-order valence-electron chi connectivity index (χ2n) is 5.81. The molecule has 1 aromatic carbocycles. The molecule has 2 aromatic rings. The zero-order chi connectivity index (χ0) is 14.0. The van der Waals surface area contributed by atoms with Gasteiger partial charge in [0.15, 0.2) is 0 Å². The van der Waals surface area contributed by atoms with Gasteiger partial charge in [0, 0.05) is 0 Å². The van der Waals surface area contributed by atoms with Gasteiger partial charge in [-0.1, -0.05) is 45.0 Å². The second-order valence-corrected chi connectivity index (χ2v) is 5.81. The van der Waals surface area contributed by atoms with E-state index < -0.39 is 6.10 Å². The molecule has 0 aliphatic rings. The zero-order valence-electron chi connectivity index (χ0n) is 12.0. The molecule has 0 spiro atoms. The minimum Gasteiger partial charge on any atom is -0.387 e. The lowest BCUT2D eigenvalue weighted by atomic mass is 9.87. The first-order valence-electron chi connectivity index (χ1n) is 6.63. The highest BCUT2D eigenvalue weighted by Crippen LogP contribution is 2.23. The Morgan fingerprint density at radius 2 is 1.84 bits per heavy atom. The molecule has 0 fully saturated rings. The van der Waals surface area contributed by atoms with Crippen molar-refractivity contribution in [3.05, 3.63) is 41.7 Å². The van der Waals surface area contributed by atoms with Gasteiger partial charge in [-0.2, -0.15) is 0 Å². The molecule has 2 rings (SSSR count). The Kier molecular flexibility index (Phi) is 3.71. The van der Waals surface area contributed by atoms with E-state index >= 15 is 0 Å². The van der Waals surface area contributed by atoms with E-state index in [2.05, 4.69) is 43.2 Å². The summed E-state index contributed by atoms with van der Waals surface area (Å²) in [6.07, 6.45) is 1.88. The zero-order valence-corrected chi connectivity index (χ0v) is 12.0. The molecule has 0 aliphatic carbocycles. The molecule has 4 heteroatoms. The van der Waals surface area contributed by atoms with Crippen molar-refractivity contribution in [2.45, 2.75) is 45.6 Å². The number of benzene rings is 1. The lowest BCUT2D eigenvalue weighted by Crippen LogP contribution is -2.10. The van der Waals surface area contributed by atoms with Gasteiger partial charge >= 0.3 is 0 Å². The quantitative estimate of drug-likeness (QED) is 0.921. The lowest BCUT2D eigenvalue weighted by Gasteiger charge is -2.19. The fourth-order valence-corrected chi connectivity index (χ4v) is 1.88. The number of hydrogen-bond acceptors (Lipinski definition) is 3. The number of aromatic nitrogens is 3. The van der Waals surface area contributed by atoms with E-state index in [1.165, 1.54) is 5.56 Å². The van der Waals surface area contributed by atoms with Crippen molar-refractivity contribution in [2.75, 3.05) is 0 Å². The minimum atomic E-state index is -0.539. The maximum atomic E-state index is 9.72. The van der Waals surface area contributed by atoms with E-state index in [1.54, 1.807) is 10.9 Å². The molecular formula is C15H21N3O. The summed E-state index contributed by atoms with van der Waals surface area (Å²) in [4.78, 5) is 0. The molecule has 19 heavy (non-hydrogen) atoms. The van der Waals surface area contributed by atoms with E-state index in [1.807, 2.05) is 19.1 Å². The van der Waals surface area contributed by atoms with E-state index in [4.69, 9.17) is 0 Å². The van der Waals surface area contributed by atoms with Gasteiger partial charge in [-0.05, 0) is 29.5 Å². The van der Waals surface area contributed by atoms with Crippen LogP contribution in [0, 0.1) is 0 Å². The van der Waals surface area contributed by atoms with Gasteiger partial charge < -0.3 is 5.11 Å². The van der Waals surface area contributed by atoms with Crippen molar-refractivity contribution in [2.24, 2.45) is 0 Å². The van der Waals surface area contributed by atoms with Gasteiger partial charge in [0.2, 0.25) is 0 Å². The molecule has 0 radical (unpaired) electrons. The van der Waals surface area contributed by atoms with Crippen LogP contribution in [0.2, 0.25) is 0 Å². The van der Waals surface area contributed by atoms with E-state index in [9.17, 15) is 5.11 Å². The average Bonchev–Trinajstić information content (AvgIpc) is 2.86. The van der Waals surface area contributed by atoms with Crippen LogP contribution in [-0.2, 0) is 5.41 Å². The van der Waals surface area contributed by atoms with Crippen LogP contribution >= 0.6 is 0 Å². The molecule has 1 atom stereocenters. The molecule has 1 N–H and O–H groups in total. The Morgan fingerprint density at radius 3 is 2.37 bits per heavy atom. The Balaban J connectivity index is 2.25.